The smallest absolute Gasteiger partial charge is 0.138 e. The Balaban J connectivity index is 1.93. The van der Waals surface area contributed by atoms with Crippen molar-refractivity contribution in [2.24, 2.45) is 0 Å². The zero-order valence-electron chi connectivity index (χ0n) is 11.1. The summed E-state index contributed by atoms with van der Waals surface area (Å²) in [6.07, 6.45) is 1.83. The van der Waals surface area contributed by atoms with Crippen LogP contribution in [0.15, 0.2) is 75.3 Å². The average molecular weight is 308 g/mol. The molecule has 0 atom stereocenters. The molecule has 21 heavy (non-hydrogen) atoms. The van der Waals surface area contributed by atoms with Crippen molar-refractivity contribution in [3.8, 4) is 11.3 Å². The Bertz CT molecular complexity index is 864. The topological polar surface area (TPSA) is 28.7 Å². The van der Waals surface area contributed by atoms with Gasteiger partial charge in [-0.25, -0.2) is 4.98 Å². The average Bonchev–Trinajstić information content (AvgIpc) is 3.17. The van der Waals surface area contributed by atoms with Crippen LogP contribution >= 0.6 is 23.1 Å². The quantitative estimate of drug-likeness (QED) is 0.545. The van der Waals surface area contributed by atoms with Crippen molar-refractivity contribution in [2.75, 3.05) is 0 Å². The van der Waals surface area contributed by atoms with Gasteiger partial charge in [0.1, 0.15) is 5.65 Å². The number of thiophene rings is 1. The third-order valence-corrected chi connectivity index (χ3v) is 5.45. The minimum Gasteiger partial charge on any atom is -0.338 e. The molecule has 0 amide bonds. The standard InChI is InChI=1S/C17H12N2S2/c1-2-6-12(7-3-1)15-16(21-14-9-5-11-20-14)13-8-4-10-18-17(13)19-15/h1-11H,(H,18,19). The number of nitrogens with zero attached hydrogens (tertiary/aromatic N) is 1. The van der Waals surface area contributed by atoms with Crippen molar-refractivity contribution >= 4 is 34.1 Å². The predicted octanol–water partition coefficient (Wildman–Crippen LogP) is 5.44. The maximum Gasteiger partial charge on any atom is 0.138 e. The molecule has 0 aliphatic heterocycles. The summed E-state index contributed by atoms with van der Waals surface area (Å²) < 4.78 is 1.29. The largest absolute Gasteiger partial charge is 0.338 e. The number of aromatic amines is 1. The van der Waals surface area contributed by atoms with Crippen molar-refractivity contribution in [1.82, 2.24) is 9.97 Å². The maximum atomic E-state index is 4.45. The molecular formula is C17H12N2S2. The minimum atomic E-state index is 0.940. The van der Waals surface area contributed by atoms with E-state index in [2.05, 4.69) is 57.8 Å². The first-order chi connectivity index (χ1) is 10.4. The van der Waals surface area contributed by atoms with E-state index in [1.807, 2.05) is 18.3 Å². The fourth-order valence-corrected chi connectivity index (χ4v) is 4.29. The fourth-order valence-electron chi connectivity index (χ4n) is 2.33. The van der Waals surface area contributed by atoms with Gasteiger partial charge in [0, 0.05) is 16.5 Å². The highest BCUT2D eigenvalue weighted by Gasteiger charge is 2.15. The number of benzene rings is 1. The van der Waals surface area contributed by atoms with Gasteiger partial charge in [0.2, 0.25) is 0 Å². The van der Waals surface area contributed by atoms with Gasteiger partial charge in [0.05, 0.1) is 9.90 Å². The predicted molar refractivity (Wildman–Crippen MR) is 90.0 cm³/mol. The molecule has 0 saturated carbocycles. The van der Waals surface area contributed by atoms with Crippen molar-refractivity contribution in [3.05, 3.63) is 66.2 Å². The number of H-pyrrole nitrogens is 1. The van der Waals surface area contributed by atoms with Crippen molar-refractivity contribution in [3.63, 3.8) is 0 Å². The third kappa shape index (κ3) is 2.37. The second-order valence-electron chi connectivity index (χ2n) is 4.63. The highest BCUT2D eigenvalue weighted by molar-refractivity contribution is 8.01. The van der Waals surface area contributed by atoms with Crippen LogP contribution in [-0.2, 0) is 0 Å². The molecule has 0 bridgehead atoms. The SMILES string of the molecule is c1ccc(-c2[nH]c3ncccc3c2Sc2cccs2)cc1. The van der Waals surface area contributed by atoms with Crippen LogP contribution in [-0.4, -0.2) is 9.97 Å². The zero-order chi connectivity index (χ0) is 14.1. The number of hydrogen-bond acceptors (Lipinski definition) is 3. The lowest BCUT2D eigenvalue weighted by molar-refractivity contribution is 1.32. The van der Waals surface area contributed by atoms with Crippen molar-refractivity contribution in [2.45, 2.75) is 9.10 Å². The molecule has 0 unspecified atom stereocenters. The summed E-state index contributed by atoms with van der Waals surface area (Å²) >= 11 is 3.56. The molecule has 1 N–H and O–H groups in total. The van der Waals surface area contributed by atoms with Crippen LogP contribution in [0.25, 0.3) is 22.3 Å². The Kier molecular flexibility index (Phi) is 3.25. The lowest BCUT2D eigenvalue weighted by Crippen LogP contribution is -1.79. The molecule has 0 radical (unpaired) electrons. The summed E-state index contributed by atoms with van der Waals surface area (Å²) in [7, 11) is 0. The van der Waals surface area contributed by atoms with Crippen molar-refractivity contribution < 1.29 is 0 Å². The molecule has 102 valence electrons. The first-order valence-electron chi connectivity index (χ1n) is 6.65. The van der Waals surface area contributed by atoms with Crippen LogP contribution in [0.2, 0.25) is 0 Å². The van der Waals surface area contributed by atoms with Crippen LogP contribution in [0, 0.1) is 0 Å². The Morgan fingerprint density at radius 3 is 2.67 bits per heavy atom. The van der Waals surface area contributed by atoms with Gasteiger partial charge in [-0.3, -0.25) is 0 Å². The number of fused-ring (bicyclic) bond motifs is 1. The van der Waals surface area contributed by atoms with E-state index in [1.165, 1.54) is 20.1 Å². The van der Waals surface area contributed by atoms with Gasteiger partial charge in [-0.1, -0.05) is 48.2 Å². The van der Waals surface area contributed by atoms with E-state index in [-0.39, 0.29) is 0 Å². The van der Waals surface area contributed by atoms with E-state index in [1.54, 1.807) is 23.1 Å². The van der Waals surface area contributed by atoms with Gasteiger partial charge in [-0.05, 0) is 29.1 Å². The van der Waals surface area contributed by atoms with Gasteiger partial charge in [-0.2, -0.15) is 0 Å². The summed E-state index contributed by atoms with van der Waals surface area (Å²) in [6, 6.07) is 18.8. The lowest BCUT2D eigenvalue weighted by Gasteiger charge is -2.03. The summed E-state index contributed by atoms with van der Waals surface area (Å²) in [6.45, 7) is 0. The summed E-state index contributed by atoms with van der Waals surface area (Å²) in [5.41, 5.74) is 3.27. The molecule has 0 aliphatic rings. The normalized spacial score (nSPS) is 11.0. The molecule has 2 nitrogen and oxygen atoms in total. The molecule has 4 aromatic rings. The Hall–Kier alpha value is -2.04. The second kappa shape index (κ2) is 5.39. The van der Waals surface area contributed by atoms with Gasteiger partial charge < -0.3 is 4.98 Å². The molecule has 0 fully saturated rings. The van der Waals surface area contributed by atoms with Crippen LogP contribution < -0.4 is 0 Å². The Morgan fingerprint density at radius 2 is 1.86 bits per heavy atom. The van der Waals surface area contributed by atoms with Gasteiger partial charge in [0.15, 0.2) is 0 Å². The molecule has 0 saturated heterocycles. The zero-order valence-corrected chi connectivity index (χ0v) is 12.7. The van der Waals surface area contributed by atoms with Gasteiger partial charge in [0.25, 0.3) is 0 Å². The molecule has 0 spiro atoms. The Labute approximate surface area is 130 Å². The molecule has 1 aromatic carbocycles. The monoisotopic (exact) mass is 308 g/mol. The van der Waals surface area contributed by atoms with Gasteiger partial charge in [-0.15, -0.1) is 11.3 Å². The van der Waals surface area contributed by atoms with Crippen molar-refractivity contribution in [1.29, 1.82) is 0 Å². The van der Waals surface area contributed by atoms with Crippen LogP contribution in [0.5, 0.6) is 0 Å². The highest BCUT2D eigenvalue weighted by Crippen LogP contribution is 2.41. The minimum absolute atomic E-state index is 0.940. The lowest BCUT2D eigenvalue weighted by atomic mass is 10.1. The van der Waals surface area contributed by atoms with Crippen LogP contribution in [0.3, 0.4) is 0 Å². The number of nitrogens with one attached hydrogen (secondary N) is 1. The summed E-state index contributed by atoms with van der Waals surface area (Å²) in [5, 5.41) is 3.28. The first kappa shape index (κ1) is 12.7. The van der Waals surface area contributed by atoms with Crippen LogP contribution in [0.1, 0.15) is 0 Å². The fraction of sp³-hybridized carbons (Fsp3) is 0. The summed E-state index contributed by atoms with van der Waals surface area (Å²) in [4.78, 5) is 9.16. The molecular weight excluding hydrogens is 296 g/mol. The number of aromatic nitrogens is 2. The summed E-state index contributed by atoms with van der Waals surface area (Å²) in [5.74, 6) is 0. The third-order valence-electron chi connectivity index (χ3n) is 3.28. The van der Waals surface area contributed by atoms with Gasteiger partial charge >= 0.3 is 0 Å². The van der Waals surface area contributed by atoms with E-state index in [0.29, 0.717) is 0 Å². The van der Waals surface area contributed by atoms with E-state index in [9.17, 15) is 0 Å². The number of rotatable bonds is 3. The van der Waals surface area contributed by atoms with E-state index in [0.717, 1.165) is 11.3 Å². The molecule has 4 heteroatoms. The molecule has 0 aliphatic carbocycles. The van der Waals surface area contributed by atoms with E-state index >= 15 is 0 Å². The Morgan fingerprint density at radius 1 is 0.952 bits per heavy atom. The second-order valence-corrected chi connectivity index (χ2v) is 6.89. The highest BCUT2D eigenvalue weighted by atomic mass is 32.2. The van der Waals surface area contributed by atoms with E-state index in [4.69, 9.17) is 0 Å². The number of pyridine rings is 1. The maximum absolute atomic E-state index is 4.45. The number of hydrogen-bond donors (Lipinski definition) is 1. The molecule has 4 rings (SSSR count). The molecule has 3 aromatic heterocycles. The van der Waals surface area contributed by atoms with E-state index < -0.39 is 0 Å². The first-order valence-corrected chi connectivity index (χ1v) is 8.35. The molecule has 3 heterocycles. The van der Waals surface area contributed by atoms with Crippen LogP contribution in [0.4, 0.5) is 0 Å².